The average molecular weight is 254 g/mol. The van der Waals surface area contributed by atoms with E-state index in [1.807, 2.05) is 6.92 Å². The predicted molar refractivity (Wildman–Crippen MR) is 58.5 cm³/mol. The van der Waals surface area contributed by atoms with Gasteiger partial charge in [-0.25, -0.2) is 0 Å². The van der Waals surface area contributed by atoms with E-state index in [-0.39, 0.29) is 6.42 Å². The Morgan fingerprint density at radius 3 is 2.88 bits per heavy atom. The lowest BCUT2D eigenvalue weighted by Gasteiger charge is -1.91. The highest BCUT2D eigenvalue weighted by Gasteiger charge is 2.14. The summed E-state index contributed by atoms with van der Waals surface area (Å²) in [4.78, 5) is 11.1. The molecular weight excluding hydrogens is 244 g/mol. The normalized spacial score (nSPS) is 10.6. The summed E-state index contributed by atoms with van der Waals surface area (Å²) in [5.41, 5.74) is 0.746. The van der Waals surface area contributed by atoms with Gasteiger partial charge >= 0.3 is 5.97 Å². The average Bonchev–Trinajstić information content (AvgIpc) is 2.86. The predicted octanol–water partition coefficient (Wildman–Crippen LogP) is 1.30. The van der Waals surface area contributed by atoms with E-state index in [0.717, 1.165) is 10.6 Å². The SMILES string of the molecule is Cc1nnsc1-c1nnc(CCCC(=O)O)o1. The van der Waals surface area contributed by atoms with Crippen molar-refractivity contribution in [1.29, 1.82) is 0 Å². The van der Waals surface area contributed by atoms with Crippen molar-refractivity contribution < 1.29 is 14.3 Å². The first-order valence-electron chi connectivity index (χ1n) is 5.00. The van der Waals surface area contributed by atoms with Crippen LogP contribution in [0.5, 0.6) is 0 Å². The van der Waals surface area contributed by atoms with Crippen LogP contribution in [0.1, 0.15) is 24.4 Å². The van der Waals surface area contributed by atoms with E-state index < -0.39 is 5.97 Å². The largest absolute Gasteiger partial charge is 0.481 e. The van der Waals surface area contributed by atoms with Crippen LogP contribution in [0.25, 0.3) is 10.8 Å². The van der Waals surface area contributed by atoms with Crippen molar-refractivity contribution >= 4 is 17.5 Å². The molecule has 17 heavy (non-hydrogen) atoms. The second kappa shape index (κ2) is 5.00. The van der Waals surface area contributed by atoms with Crippen molar-refractivity contribution in [3.63, 3.8) is 0 Å². The standard InChI is InChI=1S/C9H10N4O3S/c1-5-8(17-13-10-5)9-12-11-6(16-9)3-2-4-7(14)15/h2-4H2,1H3,(H,14,15). The molecule has 7 nitrogen and oxygen atoms in total. The Morgan fingerprint density at radius 1 is 1.41 bits per heavy atom. The van der Waals surface area contributed by atoms with Gasteiger partial charge in [-0.1, -0.05) is 4.49 Å². The zero-order valence-electron chi connectivity index (χ0n) is 9.08. The molecule has 0 aliphatic heterocycles. The molecule has 8 heteroatoms. The van der Waals surface area contributed by atoms with Crippen molar-refractivity contribution in [1.82, 2.24) is 19.8 Å². The van der Waals surface area contributed by atoms with Crippen molar-refractivity contribution in [3.05, 3.63) is 11.6 Å². The molecule has 0 saturated carbocycles. The third-order valence-corrected chi connectivity index (χ3v) is 2.91. The number of nitrogens with zero attached hydrogens (tertiary/aromatic N) is 4. The minimum Gasteiger partial charge on any atom is -0.481 e. The Morgan fingerprint density at radius 2 is 2.24 bits per heavy atom. The van der Waals surface area contributed by atoms with Gasteiger partial charge in [-0.2, -0.15) is 0 Å². The first kappa shape index (κ1) is 11.6. The summed E-state index contributed by atoms with van der Waals surface area (Å²) in [6, 6.07) is 0. The molecule has 0 aliphatic rings. The van der Waals surface area contributed by atoms with Crippen LogP contribution in [0, 0.1) is 6.92 Å². The molecule has 0 spiro atoms. The highest BCUT2D eigenvalue weighted by molar-refractivity contribution is 7.09. The van der Waals surface area contributed by atoms with Gasteiger partial charge < -0.3 is 9.52 Å². The first-order valence-corrected chi connectivity index (χ1v) is 5.77. The van der Waals surface area contributed by atoms with Gasteiger partial charge in [-0.05, 0) is 24.9 Å². The minimum absolute atomic E-state index is 0.0961. The molecule has 2 rings (SSSR count). The fourth-order valence-electron chi connectivity index (χ4n) is 1.26. The molecule has 2 aromatic heterocycles. The van der Waals surface area contributed by atoms with E-state index in [1.165, 1.54) is 11.5 Å². The number of carboxylic acid groups (broad SMARTS) is 1. The van der Waals surface area contributed by atoms with Crippen LogP contribution < -0.4 is 0 Å². The number of aromatic nitrogens is 4. The van der Waals surface area contributed by atoms with Crippen LogP contribution >= 0.6 is 11.5 Å². The summed E-state index contributed by atoms with van der Waals surface area (Å²) in [5.74, 6) is 0.00381. The number of hydrogen-bond donors (Lipinski definition) is 1. The smallest absolute Gasteiger partial charge is 0.303 e. The fourth-order valence-corrected chi connectivity index (χ4v) is 1.84. The molecular formula is C9H10N4O3S. The molecule has 0 fully saturated rings. The zero-order valence-corrected chi connectivity index (χ0v) is 9.90. The van der Waals surface area contributed by atoms with Crippen LogP contribution in [0.4, 0.5) is 0 Å². The van der Waals surface area contributed by atoms with Gasteiger partial charge in [0.05, 0.1) is 5.69 Å². The van der Waals surface area contributed by atoms with Crippen molar-refractivity contribution in [2.75, 3.05) is 0 Å². The van der Waals surface area contributed by atoms with Crippen molar-refractivity contribution in [2.45, 2.75) is 26.2 Å². The number of hydrogen-bond acceptors (Lipinski definition) is 7. The molecule has 0 unspecified atom stereocenters. The second-order valence-electron chi connectivity index (χ2n) is 3.44. The molecule has 1 N–H and O–H groups in total. The number of carbonyl (C=O) groups is 1. The Hall–Kier alpha value is -1.83. The van der Waals surface area contributed by atoms with Crippen LogP contribution in [-0.2, 0) is 11.2 Å². The van der Waals surface area contributed by atoms with Crippen LogP contribution in [0.2, 0.25) is 0 Å². The molecule has 0 aromatic carbocycles. The Kier molecular flexibility index (Phi) is 3.43. The summed E-state index contributed by atoms with van der Waals surface area (Å²) >= 11 is 1.19. The number of carboxylic acids is 1. The van der Waals surface area contributed by atoms with Gasteiger partial charge in [0.25, 0.3) is 5.89 Å². The maximum absolute atomic E-state index is 10.3. The van der Waals surface area contributed by atoms with E-state index in [1.54, 1.807) is 0 Å². The maximum atomic E-state index is 10.3. The van der Waals surface area contributed by atoms with Gasteiger partial charge in [-0.3, -0.25) is 4.79 Å². The second-order valence-corrected chi connectivity index (χ2v) is 4.19. The van der Waals surface area contributed by atoms with E-state index in [2.05, 4.69) is 19.8 Å². The van der Waals surface area contributed by atoms with Crippen molar-refractivity contribution in [3.8, 4) is 10.8 Å². The van der Waals surface area contributed by atoms with Gasteiger partial charge in [0.1, 0.15) is 4.88 Å². The molecule has 2 aromatic rings. The summed E-state index contributed by atoms with van der Waals surface area (Å²) in [5, 5.41) is 20.1. The summed E-state index contributed by atoms with van der Waals surface area (Å²) in [6.07, 6.45) is 1.04. The Balaban J connectivity index is 2.01. The highest BCUT2D eigenvalue weighted by atomic mass is 32.1. The molecule has 0 atom stereocenters. The lowest BCUT2D eigenvalue weighted by atomic mass is 10.2. The first-order chi connectivity index (χ1) is 8.16. The van der Waals surface area contributed by atoms with Crippen LogP contribution in [0.3, 0.4) is 0 Å². The van der Waals surface area contributed by atoms with Crippen LogP contribution in [0.15, 0.2) is 4.42 Å². The molecule has 0 saturated heterocycles. The summed E-state index contributed by atoms with van der Waals surface area (Å²) in [6.45, 7) is 1.81. The van der Waals surface area contributed by atoms with E-state index in [0.29, 0.717) is 24.6 Å². The number of rotatable bonds is 5. The molecule has 0 amide bonds. The molecule has 0 bridgehead atoms. The van der Waals surface area contributed by atoms with E-state index in [9.17, 15) is 4.79 Å². The maximum Gasteiger partial charge on any atom is 0.303 e. The summed E-state index contributed by atoms with van der Waals surface area (Å²) in [7, 11) is 0. The highest BCUT2D eigenvalue weighted by Crippen LogP contribution is 2.24. The zero-order chi connectivity index (χ0) is 12.3. The lowest BCUT2D eigenvalue weighted by Crippen LogP contribution is -1.95. The molecule has 90 valence electrons. The minimum atomic E-state index is -0.827. The summed E-state index contributed by atoms with van der Waals surface area (Å²) < 4.78 is 9.18. The number of aryl methyl sites for hydroxylation is 2. The van der Waals surface area contributed by atoms with Gasteiger partial charge in [0, 0.05) is 12.8 Å². The molecule has 2 heterocycles. The van der Waals surface area contributed by atoms with E-state index >= 15 is 0 Å². The third kappa shape index (κ3) is 2.84. The quantitative estimate of drug-likeness (QED) is 0.857. The lowest BCUT2D eigenvalue weighted by molar-refractivity contribution is -0.137. The van der Waals surface area contributed by atoms with Gasteiger partial charge in [0.2, 0.25) is 5.89 Å². The Labute approximate surface area is 101 Å². The topological polar surface area (TPSA) is 102 Å². The fraction of sp³-hybridized carbons (Fsp3) is 0.444. The third-order valence-electron chi connectivity index (χ3n) is 2.09. The number of aliphatic carboxylic acids is 1. The van der Waals surface area contributed by atoms with E-state index in [4.69, 9.17) is 9.52 Å². The Bertz CT molecular complexity index is 522. The van der Waals surface area contributed by atoms with Gasteiger partial charge in [0.15, 0.2) is 0 Å². The van der Waals surface area contributed by atoms with Crippen LogP contribution in [-0.4, -0.2) is 30.9 Å². The molecule has 0 aliphatic carbocycles. The monoisotopic (exact) mass is 254 g/mol. The molecule has 0 radical (unpaired) electrons. The van der Waals surface area contributed by atoms with Gasteiger partial charge in [-0.15, -0.1) is 15.3 Å². The van der Waals surface area contributed by atoms with Crippen molar-refractivity contribution in [2.24, 2.45) is 0 Å².